The molecule has 2 aromatic rings. The van der Waals surface area contributed by atoms with E-state index in [1.807, 2.05) is 5.32 Å². The first-order valence-electron chi connectivity index (χ1n) is 6.62. The lowest BCUT2D eigenvalue weighted by Crippen LogP contribution is -2.28. The van der Waals surface area contributed by atoms with Crippen LogP contribution in [0.5, 0.6) is 0 Å². The van der Waals surface area contributed by atoms with E-state index >= 15 is 0 Å². The van der Waals surface area contributed by atoms with Gasteiger partial charge < -0.3 is 5.32 Å². The van der Waals surface area contributed by atoms with E-state index in [0.717, 1.165) is 0 Å². The van der Waals surface area contributed by atoms with Crippen molar-refractivity contribution >= 4 is 17.5 Å². The van der Waals surface area contributed by atoms with Gasteiger partial charge in [0.15, 0.2) is 5.69 Å². The fourth-order valence-electron chi connectivity index (χ4n) is 1.87. The maximum Gasteiger partial charge on any atom is 0.434 e. The minimum Gasteiger partial charge on any atom is -0.346 e. The number of halogens is 8. The number of amides is 1. The Morgan fingerprint density at radius 2 is 1.77 bits per heavy atom. The van der Waals surface area contributed by atoms with Gasteiger partial charge in [0.1, 0.15) is 11.4 Å². The summed E-state index contributed by atoms with van der Waals surface area (Å²) in [6, 6.07) is 1.11. The van der Waals surface area contributed by atoms with E-state index in [-0.39, 0.29) is 5.69 Å². The van der Waals surface area contributed by atoms with Gasteiger partial charge in [-0.1, -0.05) is 11.6 Å². The Labute approximate surface area is 146 Å². The third-order valence-corrected chi connectivity index (χ3v) is 3.38. The van der Waals surface area contributed by atoms with Crippen molar-refractivity contribution in [3.63, 3.8) is 0 Å². The standard InChI is InChI=1S/C14H7ClF7N3O/c15-7-3-6(13(17,18)19)4-24-9(7)5-25-12(26)10-8(16)1-2-23-11(10)14(20,21)22/h1-4H,5H2,(H,25,26). The van der Waals surface area contributed by atoms with Gasteiger partial charge >= 0.3 is 12.4 Å². The molecule has 0 aromatic carbocycles. The molecule has 1 amide bonds. The third kappa shape index (κ3) is 4.40. The van der Waals surface area contributed by atoms with Crippen LogP contribution in [-0.2, 0) is 18.9 Å². The van der Waals surface area contributed by atoms with Crippen LogP contribution in [-0.4, -0.2) is 15.9 Å². The number of carbonyl (C=O) groups is 1. The fourth-order valence-corrected chi connectivity index (χ4v) is 2.11. The van der Waals surface area contributed by atoms with Gasteiger partial charge in [-0.05, 0) is 12.1 Å². The van der Waals surface area contributed by atoms with E-state index in [0.29, 0.717) is 24.5 Å². The van der Waals surface area contributed by atoms with E-state index in [9.17, 15) is 35.5 Å². The number of pyridine rings is 2. The predicted octanol–water partition coefficient (Wildman–Crippen LogP) is 4.24. The molecule has 0 radical (unpaired) electrons. The second kappa shape index (κ2) is 7.06. The number of hydrogen-bond acceptors (Lipinski definition) is 3. The molecule has 0 bridgehead atoms. The first-order valence-corrected chi connectivity index (χ1v) is 7.00. The molecule has 0 aliphatic carbocycles. The maximum atomic E-state index is 13.7. The molecule has 0 saturated heterocycles. The van der Waals surface area contributed by atoms with E-state index < -0.39 is 52.5 Å². The quantitative estimate of drug-likeness (QED) is 0.783. The monoisotopic (exact) mass is 401 g/mol. The van der Waals surface area contributed by atoms with Gasteiger partial charge in [0.25, 0.3) is 5.91 Å². The highest BCUT2D eigenvalue weighted by Gasteiger charge is 2.39. The maximum absolute atomic E-state index is 13.7. The molecule has 0 unspecified atom stereocenters. The molecule has 2 aromatic heterocycles. The fraction of sp³-hybridized carbons (Fsp3) is 0.214. The lowest BCUT2D eigenvalue weighted by molar-refractivity contribution is -0.141. The zero-order valence-electron chi connectivity index (χ0n) is 12.3. The average molecular weight is 402 g/mol. The first-order chi connectivity index (χ1) is 11.9. The predicted molar refractivity (Wildman–Crippen MR) is 74.6 cm³/mol. The number of aromatic nitrogens is 2. The van der Waals surface area contributed by atoms with Gasteiger partial charge in [-0.15, -0.1) is 0 Å². The molecule has 0 saturated carbocycles. The molecule has 140 valence electrons. The van der Waals surface area contributed by atoms with Crippen molar-refractivity contribution in [2.24, 2.45) is 0 Å². The molecule has 4 nitrogen and oxygen atoms in total. The van der Waals surface area contributed by atoms with Crippen molar-refractivity contribution < 1.29 is 35.5 Å². The minimum absolute atomic E-state index is 0.245. The zero-order chi connectivity index (χ0) is 19.7. The van der Waals surface area contributed by atoms with E-state index in [2.05, 4.69) is 9.97 Å². The van der Waals surface area contributed by atoms with Crippen LogP contribution in [0, 0.1) is 5.82 Å². The highest BCUT2D eigenvalue weighted by molar-refractivity contribution is 6.31. The molecule has 0 atom stereocenters. The van der Waals surface area contributed by atoms with E-state index in [1.165, 1.54) is 0 Å². The van der Waals surface area contributed by atoms with E-state index in [1.54, 1.807) is 0 Å². The molecule has 0 fully saturated rings. The molecule has 2 heterocycles. The summed E-state index contributed by atoms with van der Waals surface area (Å²) < 4.78 is 89.7. The van der Waals surface area contributed by atoms with Crippen LogP contribution >= 0.6 is 11.6 Å². The molecule has 0 spiro atoms. The molecule has 0 aliphatic heterocycles. The smallest absolute Gasteiger partial charge is 0.346 e. The number of alkyl halides is 6. The van der Waals surface area contributed by atoms with Gasteiger partial charge in [0.05, 0.1) is 22.8 Å². The van der Waals surface area contributed by atoms with Gasteiger partial charge in [0.2, 0.25) is 0 Å². The Morgan fingerprint density at radius 1 is 1.12 bits per heavy atom. The van der Waals surface area contributed by atoms with Crippen LogP contribution in [0.15, 0.2) is 24.5 Å². The summed E-state index contributed by atoms with van der Waals surface area (Å²) in [7, 11) is 0. The van der Waals surface area contributed by atoms with Gasteiger partial charge in [-0.25, -0.2) is 4.39 Å². The summed E-state index contributed by atoms with van der Waals surface area (Å²) in [5.74, 6) is -2.93. The van der Waals surface area contributed by atoms with Crippen LogP contribution < -0.4 is 5.32 Å². The summed E-state index contributed by atoms with van der Waals surface area (Å²) in [6.07, 6.45) is -8.79. The largest absolute Gasteiger partial charge is 0.434 e. The van der Waals surface area contributed by atoms with Crippen molar-refractivity contribution in [3.05, 3.63) is 57.9 Å². The molecule has 0 aliphatic rings. The Balaban J connectivity index is 2.23. The molecular weight excluding hydrogens is 395 g/mol. The number of rotatable bonds is 3. The van der Waals surface area contributed by atoms with Crippen molar-refractivity contribution in [2.75, 3.05) is 0 Å². The molecule has 26 heavy (non-hydrogen) atoms. The highest BCUT2D eigenvalue weighted by Crippen LogP contribution is 2.32. The Kier molecular flexibility index (Phi) is 5.40. The summed E-state index contributed by atoms with van der Waals surface area (Å²) >= 11 is 5.62. The minimum atomic E-state index is -5.08. The lowest BCUT2D eigenvalue weighted by atomic mass is 10.1. The van der Waals surface area contributed by atoms with Crippen molar-refractivity contribution in [2.45, 2.75) is 18.9 Å². The van der Waals surface area contributed by atoms with Gasteiger partial charge in [0, 0.05) is 12.4 Å². The average Bonchev–Trinajstić information content (AvgIpc) is 2.51. The van der Waals surface area contributed by atoms with Crippen LogP contribution in [0.2, 0.25) is 5.02 Å². The second-order valence-electron chi connectivity index (χ2n) is 4.85. The van der Waals surface area contributed by atoms with Crippen LogP contribution in [0.3, 0.4) is 0 Å². The molecule has 1 N–H and O–H groups in total. The topological polar surface area (TPSA) is 54.9 Å². The van der Waals surface area contributed by atoms with Crippen LogP contribution in [0.25, 0.3) is 0 Å². The summed E-state index contributed by atoms with van der Waals surface area (Å²) in [6.45, 7) is -0.624. The van der Waals surface area contributed by atoms with Crippen molar-refractivity contribution in [1.82, 2.24) is 15.3 Å². The highest BCUT2D eigenvalue weighted by atomic mass is 35.5. The number of nitrogens with zero attached hydrogens (tertiary/aromatic N) is 2. The normalized spacial score (nSPS) is 12.2. The summed E-state index contributed by atoms with van der Waals surface area (Å²) in [4.78, 5) is 18.3. The Hall–Kier alpha value is -2.43. The van der Waals surface area contributed by atoms with Crippen LogP contribution in [0.1, 0.15) is 27.3 Å². The third-order valence-electron chi connectivity index (χ3n) is 3.06. The van der Waals surface area contributed by atoms with Crippen molar-refractivity contribution in [3.8, 4) is 0 Å². The number of nitrogens with one attached hydrogen (secondary N) is 1. The second-order valence-corrected chi connectivity index (χ2v) is 5.25. The molecule has 12 heteroatoms. The van der Waals surface area contributed by atoms with Gasteiger partial charge in [-0.3, -0.25) is 14.8 Å². The Morgan fingerprint density at radius 3 is 2.31 bits per heavy atom. The Bertz CT molecular complexity index is 836. The van der Waals surface area contributed by atoms with E-state index in [4.69, 9.17) is 11.6 Å². The SMILES string of the molecule is O=C(NCc1ncc(C(F)(F)F)cc1Cl)c1c(F)ccnc1C(F)(F)F. The van der Waals surface area contributed by atoms with Crippen molar-refractivity contribution in [1.29, 1.82) is 0 Å². The zero-order valence-corrected chi connectivity index (χ0v) is 13.1. The summed E-state index contributed by atoms with van der Waals surface area (Å²) in [5.41, 5.74) is -4.47. The lowest BCUT2D eigenvalue weighted by Gasteiger charge is -2.13. The molecular formula is C14H7ClF7N3O. The van der Waals surface area contributed by atoms with Gasteiger partial charge in [-0.2, -0.15) is 26.3 Å². The number of hydrogen-bond donors (Lipinski definition) is 1. The number of carbonyl (C=O) groups excluding carboxylic acids is 1. The summed E-state index contributed by atoms with van der Waals surface area (Å²) in [5, 5.41) is 1.45. The first kappa shape index (κ1) is 19.9. The molecule has 2 rings (SSSR count). The van der Waals surface area contributed by atoms with Crippen LogP contribution in [0.4, 0.5) is 30.7 Å².